The van der Waals surface area contributed by atoms with Gasteiger partial charge in [-0.3, -0.25) is 4.79 Å². The number of hydrogen-bond donors (Lipinski definition) is 0. The van der Waals surface area contributed by atoms with Crippen molar-refractivity contribution in [3.05, 3.63) is 18.2 Å². The first-order valence-electron chi connectivity index (χ1n) is 9.43. The van der Waals surface area contributed by atoms with Gasteiger partial charge in [0.25, 0.3) is 0 Å². The summed E-state index contributed by atoms with van der Waals surface area (Å²) in [6.45, 7) is 0.919. The summed E-state index contributed by atoms with van der Waals surface area (Å²) in [5.74, 6) is -0.256. The first-order valence-corrected chi connectivity index (χ1v) is 12.7. The van der Waals surface area contributed by atoms with Crippen LogP contribution in [0, 0.1) is 5.92 Å². The van der Waals surface area contributed by atoms with E-state index in [0.29, 0.717) is 18.8 Å². The van der Waals surface area contributed by atoms with Crippen LogP contribution in [0.3, 0.4) is 0 Å². The van der Waals surface area contributed by atoms with E-state index in [1.54, 1.807) is 6.07 Å². The van der Waals surface area contributed by atoms with Gasteiger partial charge in [-0.05, 0) is 31.0 Å². The molecule has 0 N–H and O–H groups in total. The van der Waals surface area contributed by atoms with Crippen LogP contribution in [0.1, 0.15) is 25.7 Å². The number of rotatable bonds is 4. The summed E-state index contributed by atoms with van der Waals surface area (Å²) in [4.78, 5) is 14.0. The molecule has 0 saturated carbocycles. The average Bonchev–Trinajstić information content (AvgIpc) is 3.11. The molecule has 3 aliphatic heterocycles. The normalized spacial score (nSPS) is 27.8. The maximum atomic E-state index is 13.2. The van der Waals surface area contributed by atoms with Crippen molar-refractivity contribution in [2.24, 2.45) is 5.92 Å². The highest BCUT2D eigenvalue weighted by Gasteiger charge is 2.49. The predicted octanol–water partition coefficient (Wildman–Crippen LogP) is 1.02. The lowest BCUT2D eigenvalue weighted by Crippen LogP contribution is -2.37. The largest absolute Gasteiger partial charge is 0.495 e. The van der Waals surface area contributed by atoms with Crippen molar-refractivity contribution in [2.75, 3.05) is 36.6 Å². The summed E-state index contributed by atoms with van der Waals surface area (Å²) >= 11 is 0. The fourth-order valence-electron chi connectivity index (χ4n) is 4.49. The molecular weight excluding hydrogens is 404 g/mol. The predicted molar refractivity (Wildman–Crippen MR) is 104 cm³/mol. The van der Waals surface area contributed by atoms with Gasteiger partial charge in [0.2, 0.25) is 15.9 Å². The molecule has 0 spiro atoms. The number of ether oxygens (including phenoxy) is 1. The monoisotopic (exact) mass is 428 g/mol. The zero-order valence-electron chi connectivity index (χ0n) is 15.7. The Kier molecular flexibility index (Phi) is 4.91. The van der Waals surface area contributed by atoms with E-state index in [9.17, 15) is 21.6 Å². The highest BCUT2D eigenvalue weighted by atomic mass is 32.2. The van der Waals surface area contributed by atoms with Crippen LogP contribution in [0.4, 0.5) is 5.69 Å². The van der Waals surface area contributed by atoms with Gasteiger partial charge in [-0.25, -0.2) is 16.8 Å². The molecular formula is C18H24N2O6S2. The lowest BCUT2D eigenvalue weighted by Gasteiger charge is -2.28. The van der Waals surface area contributed by atoms with Crippen molar-refractivity contribution < 1.29 is 26.4 Å². The molecule has 4 rings (SSSR count). The highest BCUT2D eigenvalue weighted by Crippen LogP contribution is 2.40. The van der Waals surface area contributed by atoms with Crippen LogP contribution in [0.25, 0.3) is 0 Å². The third-order valence-electron chi connectivity index (χ3n) is 5.83. The summed E-state index contributed by atoms with van der Waals surface area (Å²) in [7, 11) is -5.54. The average molecular weight is 429 g/mol. The number of hydrogen-bond acceptors (Lipinski definition) is 6. The molecule has 0 aliphatic carbocycles. The summed E-state index contributed by atoms with van der Waals surface area (Å²) in [6.07, 6.45) is 2.80. The van der Waals surface area contributed by atoms with Gasteiger partial charge in [0.1, 0.15) is 10.6 Å². The number of carbonyl (C=O) groups is 1. The molecule has 1 amide bonds. The van der Waals surface area contributed by atoms with Gasteiger partial charge in [0, 0.05) is 31.1 Å². The standard InChI is InChI=1S/C18H24N2O6S2/c1-26-16-6-5-14(10-17(16)28(24,25)19-7-3-2-4-8-19)20-15-12-27(22,23)11-13(15)9-18(20)21/h5-6,10,13,15H,2-4,7-9,11-12H2,1H3/t13-,15-/m1/s1. The third kappa shape index (κ3) is 3.31. The van der Waals surface area contributed by atoms with Gasteiger partial charge in [-0.1, -0.05) is 6.42 Å². The van der Waals surface area contributed by atoms with Gasteiger partial charge in [0.05, 0.1) is 24.7 Å². The highest BCUT2D eigenvalue weighted by molar-refractivity contribution is 7.91. The second-order valence-corrected chi connectivity index (χ2v) is 11.7. The van der Waals surface area contributed by atoms with E-state index in [-0.39, 0.29) is 40.4 Å². The molecule has 3 heterocycles. The lowest BCUT2D eigenvalue weighted by molar-refractivity contribution is -0.117. The molecule has 3 saturated heterocycles. The zero-order chi connectivity index (χ0) is 20.1. The van der Waals surface area contributed by atoms with Crippen LogP contribution in [-0.2, 0) is 24.7 Å². The molecule has 1 aromatic rings. The molecule has 3 aliphatic rings. The van der Waals surface area contributed by atoms with E-state index >= 15 is 0 Å². The molecule has 0 radical (unpaired) electrons. The number of methoxy groups -OCH3 is 1. The maximum Gasteiger partial charge on any atom is 0.246 e. The Bertz CT molecular complexity index is 999. The number of sulfonamides is 1. The van der Waals surface area contributed by atoms with E-state index < -0.39 is 25.9 Å². The minimum absolute atomic E-state index is 0.00892. The quantitative estimate of drug-likeness (QED) is 0.710. The molecule has 0 bridgehead atoms. The van der Waals surface area contributed by atoms with E-state index in [4.69, 9.17) is 4.74 Å². The Morgan fingerprint density at radius 1 is 1.11 bits per heavy atom. The van der Waals surface area contributed by atoms with Gasteiger partial charge in [-0.2, -0.15) is 4.31 Å². The molecule has 8 nitrogen and oxygen atoms in total. The van der Waals surface area contributed by atoms with E-state index in [1.807, 2.05) is 0 Å². The Hall–Kier alpha value is -1.65. The Balaban J connectivity index is 1.74. The number of anilines is 1. The van der Waals surface area contributed by atoms with Crippen LogP contribution >= 0.6 is 0 Å². The van der Waals surface area contributed by atoms with E-state index in [1.165, 1.54) is 28.4 Å². The molecule has 0 unspecified atom stereocenters. The molecule has 2 atom stereocenters. The van der Waals surface area contributed by atoms with Crippen LogP contribution in [0.2, 0.25) is 0 Å². The maximum absolute atomic E-state index is 13.2. The second-order valence-electron chi connectivity index (χ2n) is 7.67. The minimum Gasteiger partial charge on any atom is -0.495 e. The van der Waals surface area contributed by atoms with Gasteiger partial charge < -0.3 is 9.64 Å². The van der Waals surface area contributed by atoms with Crippen molar-refractivity contribution in [3.63, 3.8) is 0 Å². The smallest absolute Gasteiger partial charge is 0.246 e. The first-order chi connectivity index (χ1) is 13.2. The number of benzene rings is 1. The van der Waals surface area contributed by atoms with Crippen molar-refractivity contribution in [1.82, 2.24) is 4.31 Å². The molecule has 10 heteroatoms. The van der Waals surface area contributed by atoms with Crippen molar-refractivity contribution >= 4 is 31.5 Å². The number of fused-ring (bicyclic) bond motifs is 1. The summed E-state index contributed by atoms with van der Waals surface area (Å²) in [5.41, 5.74) is 0.408. The summed E-state index contributed by atoms with van der Waals surface area (Å²) in [6, 6.07) is 4.18. The van der Waals surface area contributed by atoms with Gasteiger partial charge >= 0.3 is 0 Å². The summed E-state index contributed by atoms with van der Waals surface area (Å²) in [5, 5.41) is 0. The summed E-state index contributed by atoms with van der Waals surface area (Å²) < 4.78 is 57.1. The van der Waals surface area contributed by atoms with Crippen LogP contribution in [0.5, 0.6) is 5.75 Å². The number of sulfone groups is 1. The first kappa shape index (κ1) is 19.7. The van der Waals surface area contributed by atoms with Crippen LogP contribution in [-0.4, -0.2) is 64.8 Å². The van der Waals surface area contributed by atoms with Crippen LogP contribution in [0.15, 0.2) is 23.1 Å². The minimum atomic E-state index is -3.77. The van der Waals surface area contributed by atoms with Gasteiger partial charge in [0.15, 0.2) is 9.84 Å². The Morgan fingerprint density at radius 3 is 2.50 bits per heavy atom. The zero-order valence-corrected chi connectivity index (χ0v) is 17.3. The van der Waals surface area contributed by atoms with Crippen molar-refractivity contribution in [3.8, 4) is 5.75 Å². The second kappa shape index (κ2) is 7.00. The molecule has 28 heavy (non-hydrogen) atoms. The number of nitrogens with zero attached hydrogens (tertiary/aromatic N) is 2. The van der Waals surface area contributed by atoms with E-state index in [2.05, 4.69) is 0 Å². The fraction of sp³-hybridized carbons (Fsp3) is 0.611. The van der Waals surface area contributed by atoms with E-state index in [0.717, 1.165) is 19.3 Å². The Morgan fingerprint density at radius 2 is 1.82 bits per heavy atom. The lowest BCUT2D eigenvalue weighted by atomic mass is 10.0. The third-order valence-corrected chi connectivity index (χ3v) is 9.54. The van der Waals surface area contributed by atoms with Crippen molar-refractivity contribution in [2.45, 2.75) is 36.6 Å². The topological polar surface area (TPSA) is 101 Å². The number of amides is 1. The van der Waals surface area contributed by atoms with Gasteiger partial charge in [-0.15, -0.1) is 0 Å². The Labute approximate surface area is 165 Å². The molecule has 3 fully saturated rings. The fourth-order valence-corrected chi connectivity index (χ4v) is 8.25. The molecule has 0 aromatic heterocycles. The molecule has 1 aromatic carbocycles. The van der Waals surface area contributed by atoms with Crippen molar-refractivity contribution in [1.29, 1.82) is 0 Å². The SMILES string of the molecule is COc1ccc(N2C(=O)C[C@@H]3CS(=O)(=O)C[C@H]32)cc1S(=O)(=O)N1CCCCC1. The number of carbonyl (C=O) groups excluding carboxylic acids is 1. The number of piperidine rings is 1. The molecule has 154 valence electrons. The van der Waals surface area contributed by atoms with Crippen LogP contribution < -0.4 is 9.64 Å².